The van der Waals surface area contributed by atoms with Gasteiger partial charge in [-0.25, -0.2) is 0 Å². The number of aromatic amines is 1. The summed E-state index contributed by atoms with van der Waals surface area (Å²) in [6, 6.07) is 5.24. The zero-order valence-corrected chi connectivity index (χ0v) is 8.66. The van der Waals surface area contributed by atoms with Crippen molar-refractivity contribution < 1.29 is 14.3 Å². The Morgan fingerprint density at radius 1 is 1.25 bits per heavy atom. The topological polar surface area (TPSA) is 59.2 Å². The smallest absolute Gasteiger partial charge is 0.253 e. The van der Waals surface area contributed by atoms with Crippen LogP contribution in [0.1, 0.15) is 27.8 Å². The maximum absolute atomic E-state index is 11.8. The summed E-state index contributed by atoms with van der Waals surface area (Å²) in [6.45, 7) is 2.31. The minimum absolute atomic E-state index is 0.278. The fraction of sp³-hybridized carbons (Fsp3) is 0.167. The first kappa shape index (κ1) is 9.15. The molecule has 3 rings (SSSR count). The monoisotopic (exact) mass is 215 g/mol. The molecule has 1 aliphatic rings. The van der Waals surface area contributed by atoms with E-state index < -0.39 is 11.6 Å². The van der Waals surface area contributed by atoms with Gasteiger partial charge in [-0.15, -0.1) is 0 Å². The molecule has 1 aliphatic carbocycles. The first-order chi connectivity index (χ1) is 7.74. The summed E-state index contributed by atoms with van der Waals surface area (Å²) in [5.41, 5.74) is 1.48. The van der Waals surface area contributed by atoms with E-state index in [0.717, 1.165) is 10.9 Å². The van der Waals surface area contributed by atoms with Crippen molar-refractivity contribution in [3.8, 4) is 5.75 Å². The number of ketones is 2. The molecule has 0 amide bonds. The predicted molar refractivity (Wildman–Crippen MR) is 58.1 cm³/mol. The van der Waals surface area contributed by atoms with Gasteiger partial charge in [0.25, 0.3) is 5.78 Å². The van der Waals surface area contributed by atoms with E-state index in [4.69, 9.17) is 4.74 Å². The molecule has 1 N–H and O–H groups in total. The van der Waals surface area contributed by atoms with E-state index in [9.17, 15) is 9.59 Å². The molecule has 0 unspecified atom stereocenters. The van der Waals surface area contributed by atoms with Gasteiger partial charge in [-0.1, -0.05) is 12.1 Å². The molecule has 1 aromatic heterocycles. The van der Waals surface area contributed by atoms with Crippen molar-refractivity contribution in [1.82, 2.24) is 4.98 Å². The first-order valence-corrected chi connectivity index (χ1v) is 5.10. The van der Waals surface area contributed by atoms with Crippen LogP contribution in [0.25, 0.3) is 10.9 Å². The minimum atomic E-state index is -0.517. The van der Waals surface area contributed by atoms with Gasteiger partial charge in [-0.3, -0.25) is 9.59 Å². The second-order valence-corrected chi connectivity index (χ2v) is 3.65. The van der Waals surface area contributed by atoms with E-state index in [-0.39, 0.29) is 5.69 Å². The van der Waals surface area contributed by atoms with Crippen LogP contribution >= 0.6 is 0 Å². The van der Waals surface area contributed by atoms with Crippen LogP contribution in [0.4, 0.5) is 0 Å². The molecule has 1 aromatic carbocycles. The number of carbonyl (C=O) groups excluding carboxylic acids is 2. The van der Waals surface area contributed by atoms with Gasteiger partial charge in [-0.05, 0) is 13.0 Å². The number of H-pyrrole nitrogens is 1. The number of hydrogen-bond donors (Lipinski definition) is 1. The van der Waals surface area contributed by atoms with Crippen molar-refractivity contribution in [2.45, 2.75) is 6.92 Å². The van der Waals surface area contributed by atoms with E-state index in [1.165, 1.54) is 0 Å². The highest BCUT2D eigenvalue weighted by atomic mass is 16.5. The Morgan fingerprint density at radius 3 is 2.81 bits per heavy atom. The third-order valence-electron chi connectivity index (χ3n) is 2.74. The molecule has 4 heteroatoms. The maximum atomic E-state index is 11.8. The van der Waals surface area contributed by atoms with E-state index in [1.54, 1.807) is 12.1 Å². The van der Waals surface area contributed by atoms with Crippen LogP contribution < -0.4 is 4.74 Å². The van der Waals surface area contributed by atoms with Crippen LogP contribution in [0.2, 0.25) is 0 Å². The summed E-state index contributed by atoms with van der Waals surface area (Å²) in [6.07, 6.45) is 0. The van der Waals surface area contributed by atoms with Gasteiger partial charge < -0.3 is 9.72 Å². The summed E-state index contributed by atoms with van der Waals surface area (Å²) in [5, 5.41) is 0.726. The van der Waals surface area contributed by atoms with E-state index in [2.05, 4.69) is 4.98 Å². The Labute approximate surface area is 91.2 Å². The molecule has 0 saturated heterocycles. The van der Waals surface area contributed by atoms with Gasteiger partial charge in [0.2, 0.25) is 5.78 Å². The predicted octanol–water partition coefficient (Wildman–Crippen LogP) is 1.95. The van der Waals surface area contributed by atoms with Crippen LogP contribution in [-0.4, -0.2) is 23.2 Å². The third-order valence-corrected chi connectivity index (χ3v) is 2.74. The Morgan fingerprint density at radius 2 is 2.06 bits per heavy atom. The van der Waals surface area contributed by atoms with Gasteiger partial charge in [0, 0.05) is 5.56 Å². The minimum Gasteiger partial charge on any atom is -0.491 e. The standard InChI is InChI=1S/C12H9NO3/c1-2-16-12-8-6-4-3-5-7(8)13-9(12)11(15)10(6)14/h3-5,13H,2H2,1H3. The van der Waals surface area contributed by atoms with Crippen LogP contribution in [0.5, 0.6) is 5.75 Å². The number of aromatic nitrogens is 1. The molecule has 16 heavy (non-hydrogen) atoms. The number of carbonyl (C=O) groups is 2. The number of rotatable bonds is 2. The molecular weight excluding hydrogens is 206 g/mol. The van der Waals surface area contributed by atoms with Gasteiger partial charge >= 0.3 is 0 Å². The molecule has 0 spiro atoms. The van der Waals surface area contributed by atoms with Crippen molar-refractivity contribution in [2.75, 3.05) is 6.61 Å². The third kappa shape index (κ3) is 0.934. The second-order valence-electron chi connectivity index (χ2n) is 3.65. The lowest BCUT2D eigenvalue weighted by Crippen LogP contribution is -2.18. The molecule has 2 aromatic rings. The van der Waals surface area contributed by atoms with Gasteiger partial charge in [0.15, 0.2) is 5.75 Å². The Hall–Kier alpha value is -2.10. The maximum Gasteiger partial charge on any atom is 0.253 e. The van der Waals surface area contributed by atoms with Crippen molar-refractivity contribution >= 4 is 22.5 Å². The van der Waals surface area contributed by atoms with Gasteiger partial charge in [0.1, 0.15) is 5.69 Å². The largest absolute Gasteiger partial charge is 0.491 e. The molecule has 0 atom stereocenters. The molecule has 0 saturated carbocycles. The molecule has 1 heterocycles. The number of benzene rings is 1. The lowest BCUT2D eigenvalue weighted by Gasteiger charge is -2.10. The first-order valence-electron chi connectivity index (χ1n) is 5.10. The highest BCUT2D eigenvalue weighted by Crippen LogP contribution is 2.37. The zero-order chi connectivity index (χ0) is 11.3. The average Bonchev–Trinajstić information content (AvgIpc) is 2.63. The number of Topliss-reactive ketones (excluding diaryl/α,β-unsaturated/α-hetero) is 2. The normalized spacial score (nSPS) is 13.8. The molecule has 80 valence electrons. The molecule has 0 aliphatic heterocycles. The highest BCUT2D eigenvalue weighted by Gasteiger charge is 2.33. The van der Waals surface area contributed by atoms with Crippen molar-refractivity contribution in [1.29, 1.82) is 0 Å². The van der Waals surface area contributed by atoms with Crippen LogP contribution in [-0.2, 0) is 0 Å². The summed E-state index contributed by atoms with van der Waals surface area (Å²) in [5.74, 6) is -0.463. The molecular formula is C12H9NO3. The summed E-state index contributed by atoms with van der Waals surface area (Å²) in [7, 11) is 0. The Bertz CT molecular complexity index is 624. The number of nitrogens with one attached hydrogen (secondary N) is 1. The molecule has 0 fully saturated rings. The van der Waals surface area contributed by atoms with Crippen molar-refractivity contribution in [3.63, 3.8) is 0 Å². The Kier molecular flexibility index (Phi) is 1.68. The SMILES string of the molecule is CCOc1c2[nH]c3cccc(c13)C(=O)C2=O. The van der Waals surface area contributed by atoms with Gasteiger partial charge in [0.05, 0.1) is 17.5 Å². The lowest BCUT2D eigenvalue weighted by atomic mass is 9.96. The quantitative estimate of drug-likeness (QED) is 0.779. The lowest BCUT2D eigenvalue weighted by molar-refractivity contribution is 0.0811. The van der Waals surface area contributed by atoms with E-state index in [0.29, 0.717) is 17.9 Å². The fourth-order valence-corrected chi connectivity index (χ4v) is 2.09. The van der Waals surface area contributed by atoms with Crippen molar-refractivity contribution in [2.24, 2.45) is 0 Å². The van der Waals surface area contributed by atoms with Crippen molar-refractivity contribution in [3.05, 3.63) is 29.5 Å². The number of hydrogen-bond acceptors (Lipinski definition) is 3. The van der Waals surface area contributed by atoms with Crippen LogP contribution in [0.15, 0.2) is 18.2 Å². The highest BCUT2D eigenvalue weighted by molar-refractivity contribution is 6.53. The van der Waals surface area contributed by atoms with Crippen LogP contribution in [0, 0.1) is 0 Å². The summed E-state index contributed by atoms with van der Waals surface area (Å²) >= 11 is 0. The van der Waals surface area contributed by atoms with Crippen LogP contribution in [0.3, 0.4) is 0 Å². The van der Waals surface area contributed by atoms with E-state index >= 15 is 0 Å². The molecule has 4 nitrogen and oxygen atoms in total. The summed E-state index contributed by atoms with van der Waals surface area (Å²) in [4.78, 5) is 26.4. The molecule has 0 radical (unpaired) electrons. The average molecular weight is 215 g/mol. The Balaban J connectivity index is 2.46. The number of fused-ring (bicyclic) bond motifs is 1. The fourth-order valence-electron chi connectivity index (χ4n) is 2.09. The molecule has 2 bridgehead atoms. The van der Waals surface area contributed by atoms with E-state index in [1.807, 2.05) is 13.0 Å². The number of ether oxygens (including phenoxy) is 1. The second kappa shape index (κ2) is 2.95. The summed E-state index contributed by atoms with van der Waals surface area (Å²) < 4.78 is 5.44. The zero-order valence-electron chi connectivity index (χ0n) is 8.66. The van der Waals surface area contributed by atoms with Gasteiger partial charge in [-0.2, -0.15) is 0 Å².